The molecule has 2 heterocycles. The third kappa shape index (κ3) is 2.04. The number of aromatic nitrogens is 2. The molecule has 0 bridgehead atoms. The summed E-state index contributed by atoms with van der Waals surface area (Å²) in [5, 5.41) is 0.689. The van der Waals surface area contributed by atoms with Gasteiger partial charge in [-0.3, -0.25) is 4.40 Å². The summed E-state index contributed by atoms with van der Waals surface area (Å²) < 4.78 is 1.90. The molecular weight excluding hydrogens is 232 g/mol. The number of benzene rings is 1. The van der Waals surface area contributed by atoms with Crippen LogP contribution in [-0.2, 0) is 6.42 Å². The predicted octanol–water partition coefficient (Wildman–Crippen LogP) is 3.58. The molecule has 84 valence electrons. The molecule has 0 radical (unpaired) electrons. The molecule has 0 aliphatic rings. The van der Waals surface area contributed by atoms with Gasteiger partial charge in [0.25, 0.3) is 0 Å². The lowest BCUT2D eigenvalue weighted by atomic mass is 10.1. The number of nitrogens with zero attached hydrogens (tertiary/aromatic N) is 2. The van der Waals surface area contributed by atoms with Gasteiger partial charge in [0, 0.05) is 12.6 Å². The highest BCUT2D eigenvalue weighted by molar-refractivity contribution is 6.29. The minimum atomic E-state index is 0.689. The maximum atomic E-state index is 6.10. The minimum Gasteiger partial charge on any atom is -0.290 e. The normalized spacial score (nSPS) is 10.9. The minimum absolute atomic E-state index is 0.689. The fraction of sp³-hybridized carbons (Fsp3) is 0.0714. The zero-order chi connectivity index (χ0) is 11.7. The van der Waals surface area contributed by atoms with Crippen LogP contribution in [0.25, 0.3) is 5.65 Å². The summed E-state index contributed by atoms with van der Waals surface area (Å²) in [4.78, 5) is 4.55. The van der Waals surface area contributed by atoms with Gasteiger partial charge in [-0.2, -0.15) is 0 Å². The van der Waals surface area contributed by atoms with Gasteiger partial charge in [-0.1, -0.05) is 48.0 Å². The van der Waals surface area contributed by atoms with E-state index in [4.69, 9.17) is 11.6 Å². The smallest absolute Gasteiger partial charge is 0.138 e. The number of hydrogen-bond donors (Lipinski definition) is 0. The van der Waals surface area contributed by atoms with Crippen LogP contribution in [0.2, 0.25) is 5.15 Å². The molecule has 0 saturated carbocycles. The largest absolute Gasteiger partial charge is 0.290 e. The molecule has 3 rings (SSSR count). The molecule has 17 heavy (non-hydrogen) atoms. The molecule has 1 aromatic carbocycles. The number of fused-ring (bicyclic) bond motifs is 1. The van der Waals surface area contributed by atoms with Gasteiger partial charge in [0.2, 0.25) is 0 Å². The van der Waals surface area contributed by atoms with Gasteiger partial charge in [-0.15, -0.1) is 0 Å². The summed E-state index contributed by atoms with van der Waals surface area (Å²) >= 11 is 6.10. The van der Waals surface area contributed by atoms with Crippen molar-refractivity contribution in [3.05, 3.63) is 71.1 Å². The fourth-order valence-electron chi connectivity index (χ4n) is 1.92. The van der Waals surface area contributed by atoms with Crippen LogP contribution in [0.5, 0.6) is 0 Å². The Morgan fingerprint density at radius 3 is 2.59 bits per heavy atom. The third-order valence-electron chi connectivity index (χ3n) is 2.72. The van der Waals surface area contributed by atoms with Crippen LogP contribution in [-0.4, -0.2) is 9.38 Å². The van der Waals surface area contributed by atoms with Gasteiger partial charge in [0.15, 0.2) is 0 Å². The molecule has 0 unspecified atom stereocenters. The first-order chi connectivity index (χ1) is 8.33. The second-order valence-electron chi connectivity index (χ2n) is 3.97. The van der Waals surface area contributed by atoms with Crippen LogP contribution in [0.4, 0.5) is 0 Å². The summed E-state index contributed by atoms with van der Waals surface area (Å²) in [7, 11) is 0. The third-order valence-corrected chi connectivity index (χ3v) is 3.03. The number of hydrogen-bond acceptors (Lipinski definition) is 1. The van der Waals surface area contributed by atoms with Gasteiger partial charge in [0.1, 0.15) is 10.8 Å². The first-order valence-corrected chi connectivity index (χ1v) is 5.87. The van der Waals surface area contributed by atoms with Crippen molar-refractivity contribution in [1.29, 1.82) is 0 Å². The zero-order valence-corrected chi connectivity index (χ0v) is 9.93. The summed E-state index contributed by atoms with van der Waals surface area (Å²) in [5.41, 5.74) is 3.18. The number of halogens is 1. The molecule has 3 aromatic rings. The lowest BCUT2D eigenvalue weighted by molar-refractivity contribution is 1.11. The predicted molar refractivity (Wildman–Crippen MR) is 69.5 cm³/mol. The molecule has 0 saturated heterocycles. The average molecular weight is 243 g/mol. The molecule has 0 spiro atoms. The first-order valence-electron chi connectivity index (χ1n) is 5.49. The molecule has 0 aliphatic carbocycles. The number of rotatable bonds is 2. The van der Waals surface area contributed by atoms with Crippen molar-refractivity contribution in [3.8, 4) is 0 Å². The second kappa shape index (κ2) is 4.22. The van der Waals surface area contributed by atoms with Crippen molar-refractivity contribution in [2.45, 2.75) is 6.42 Å². The van der Waals surface area contributed by atoms with E-state index in [0.29, 0.717) is 5.15 Å². The molecule has 0 aliphatic heterocycles. The van der Waals surface area contributed by atoms with Crippen LogP contribution < -0.4 is 0 Å². The highest BCUT2D eigenvalue weighted by Crippen LogP contribution is 2.15. The Labute approximate surface area is 104 Å². The molecule has 0 amide bonds. The monoisotopic (exact) mass is 242 g/mol. The summed E-state index contributed by atoms with van der Waals surface area (Å²) in [6.07, 6.45) is 2.82. The van der Waals surface area contributed by atoms with E-state index in [2.05, 4.69) is 17.1 Å². The molecule has 0 N–H and O–H groups in total. The Hall–Kier alpha value is -1.80. The highest BCUT2D eigenvalue weighted by Gasteiger charge is 2.04. The van der Waals surface area contributed by atoms with E-state index < -0.39 is 0 Å². The Balaban J connectivity index is 1.99. The number of imidazole rings is 1. The molecular formula is C14H11ClN2. The van der Waals surface area contributed by atoms with Crippen molar-refractivity contribution >= 4 is 17.2 Å². The average Bonchev–Trinajstić information content (AvgIpc) is 2.74. The fourth-order valence-corrected chi connectivity index (χ4v) is 2.13. The molecule has 3 heteroatoms. The Bertz CT molecular complexity index is 644. The van der Waals surface area contributed by atoms with Gasteiger partial charge < -0.3 is 0 Å². The van der Waals surface area contributed by atoms with E-state index in [1.54, 1.807) is 0 Å². The van der Waals surface area contributed by atoms with Gasteiger partial charge in [0.05, 0.1) is 5.69 Å². The van der Waals surface area contributed by atoms with E-state index in [0.717, 1.165) is 17.8 Å². The molecule has 2 aromatic heterocycles. The van der Waals surface area contributed by atoms with Crippen LogP contribution in [0.15, 0.2) is 54.7 Å². The van der Waals surface area contributed by atoms with Crippen molar-refractivity contribution in [2.75, 3.05) is 0 Å². The lowest BCUT2D eigenvalue weighted by Gasteiger charge is -1.95. The van der Waals surface area contributed by atoms with Crippen LogP contribution in [0.3, 0.4) is 0 Å². The maximum Gasteiger partial charge on any atom is 0.138 e. The van der Waals surface area contributed by atoms with Crippen LogP contribution >= 0.6 is 11.6 Å². The van der Waals surface area contributed by atoms with Crippen molar-refractivity contribution in [2.24, 2.45) is 0 Å². The topological polar surface area (TPSA) is 17.3 Å². The van der Waals surface area contributed by atoms with Gasteiger partial charge >= 0.3 is 0 Å². The molecule has 2 nitrogen and oxygen atoms in total. The number of pyridine rings is 1. The van der Waals surface area contributed by atoms with Gasteiger partial charge in [-0.05, 0) is 17.7 Å². The van der Waals surface area contributed by atoms with Crippen molar-refractivity contribution in [1.82, 2.24) is 9.38 Å². The standard InChI is InChI=1S/C14H11ClN2/c15-13-7-4-8-14-16-12(10-17(13)14)9-11-5-2-1-3-6-11/h1-8,10H,9H2. The SMILES string of the molecule is Clc1cccc2nc(Cc3ccccc3)cn12. The Kier molecular flexibility index (Phi) is 2.57. The zero-order valence-electron chi connectivity index (χ0n) is 9.18. The lowest BCUT2D eigenvalue weighted by Crippen LogP contribution is -1.86. The molecule has 0 atom stereocenters. The summed E-state index contributed by atoms with van der Waals surface area (Å²) in [6.45, 7) is 0. The Morgan fingerprint density at radius 2 is 1.82 bits per heavy atom. The van der Waals surface area contributed by atoms with Crippen molar-refractivity contribution < 1.29 is 0 Å². The van der Waals surface area contributed by atoms with E-state index in [9.17, 15) is 0 Å². The summed E-state index contributed by atoms with van der Waals surface area (Å²) in [5.74, 6) is 0. The van der Waals surface area contributed by atoms with E-state index in [1.807, 2.05) is 47.0 Å². The highest BCUT2D eigenvalue weighted by atomic mass is 35.5. The quantitative estimate of drug-likeness (QED) is 0.628. The molecule has 0 fully saturated rings. The second-order valence-corrected chi connectivity index (χ2v) is 4.36. The maximum absolute atomic E-state index is 6.10. The van der Waals surface area contributed by atoms with Crippen LogP contribution in [0.1, 0.15) is 11.3 Å². The summed E-state index contributed by atoms with van der Waals surface area (Å²) in [6, 6.07) is 16.0. The van der Waals surface area contributed by atoms with E-state index in [-0.39, 0.29) is 0 Å². The van der Waals surface area contributed by atoms with E-state index in [1.165, 1.54) is 5.56 Å². The van der Waals surface area contributed by atoms with Crippen LogP contribution in [0, 0.1) is 0 Å². The van der Waals surface area contributed by atoms with Gasteiger partial charge in [-0.25, -0.2) is 4.98 Å². The first kappa shape index (κ1) is 10.4. The van der Waals surface area contributed by atoms with Crippen molar-refractivity contribution in [3.63, 3.8) is 0 Å². The van der Waals surface area contributed by atoms with E-state index >= 15 is 0 Å². The Morgan fingerprint density at radius 1 is 1.00 bits per heavy atom.